The lowest BCUT2D eigenvalue weighted by Crippen LogP contribution is -2.42. The lowest BCUT2D eigenvalue weighted by Gasteiger charge is -2.43. The number of allylic oxidation sites excluding steroid dienone is 3. The van der Waals surface area contributed by atoms with Crippen LogP contribution in [-0.4, -0.2) is 5.78 Å². The summed E-state index contributed by atoms with van der Waals surface area (Å²) in [5.41, 5.74) is 12.6. The summed E-state index contributed by atoms with van der Waals surface area (Å²) in [4.78, 5) is 15.4. The highest BCUT2D eigenvalue weighted by Gasteiger charge is 2.44. The molecule has 0 radical (unpaired) electrons. The van der Waals surface area contributed by atoms with Gasteiger partial charge >= 0.3 is 0 Å². The van der Waals surface area contributed by atoms with Crippen molar-refractivity contribution >= 4 is 11.5 Å². The van der Waals surface area contributed by atoms with E-state index in [-0.39, 0.29) is 11.2 Å². The Balaban J connectivity index is 1.98. The molecule has 152 valence electrons. The van der Waals surface area contributed by atoms with E-state index in [1.807, 2.05) is 67.3 Å². The first-order valence-corrected chi connectivity index (χ1v) is 10.3. The van der Waals surface area contributed by atoms with E-state index >= 15 is 0 Å². The number of nitriles is 1. The monoisotopic (exact) mass is 397 g/mol. The molecule has 0 saturated heterocycles. The van der Waals surface area contributed by atoms with Crippen molar-refractivity contribution < 1.29 is 4.79 Å². The van der Waals surface area contributed by atoms with E-state index in [2.05, 4.69) is 19.9 Å². The highest BCUT2D eigenvalue weighted by Crippen LogP contribution is 2.50. The number of carbonyl (C=O) groups excluding carboxylic acids is 1. The topological polar surface area (TPSA) is 70.1 Å². The molecule has 0 aromatic heterocycles. The minimum atomic E-state index is -0.420. The molecule has 0 amide bonds. The van der Waals surface area contributed by atoms with E-state index in [9.17, 15) is 10.1 Å². The average molecular weight is 398 g/mol. The maximum Gasteiger partial charge on any atom is 0.162 e. The van der Waals surface area contributed by atoms with Gasteiger partial charge in [-0.05, 0) is 43.4 Å². The van der Waals surface area contributed by atoms with E-state index in [1.165, 1.54) is 0 Å². The zero-order chi connectivity index (χ0) is 21.6. The molecule has 4 heteroatoms. The SMILES string of the molecule is Cc1ccc(C2C(C#N)=C(N)N(c3ccc(C)cc3)C3=C2C(=O)CC(C)(C)C3)cc1. The molecule has 1 unspecified atom stereocenters. The van der Waals surface area contributed by atoms with Crippen molar-refractivity contribution in [3.05, 3.63) is 87.9 Å². The van der Waals surface area contributed by atoms with Gasteiger partial charge in [0.25, 0.3) is 0 Å². The van der Waals surface area contributed by atoms with Crippen LogP contribution in [0.15, 0.2) is 71.2 Å². The summed E-state index contributed by atoms with van der Waals surface area (Å²) in [6.45, 7) is 8.29. The third-order valence-electron chi connectivity index (χ3n) is 6.08. The minimum absolute atomic E-state index is 0.101. The fourth-order valence-corrected chi connectivity index (χ4v) is 4.59. The average Bonchev–Trinajstić information content (AvgIpc) is 2.68. The Morgan fingerprint density at radius 3 is 2.13 bits per heavy atom. The summed E-state index contributed by atoms with van der Waals surface area (Å²) in [5, 5.41) is 10.1. The number of ketones is 1. The highest BCUT2D eigenvalue weighted by atomic mass is 16.1. The second kappa shape index (κ2) is 7.18. The summed E-state index contributed by atoms with van der Waals surface area (Å²) in [6.07, 6.45) is 1.19. The second-order valence-electron chi connectivity index (χ2n) is 9.23. The lowest BCUT2D eigenvalue weighted by atomic mass is 9.68. The largest absolute Gasteiger partial charge is 0.384 e. The van der Waals surface area contributed by atoms with Crippen LogP contribution in [-0.2, 0) is 4.79 Å². The van der Waals surface area contributed by atoms with Crippen LogP contribution in [0, 0.1) is 30.6 Å². The molecule has 4 rings (SSSR count). The quantitative estimate of drug-likeness (QED) is 0.752. The predicted octanol–water partition coefficient (Wildman–Crippen LogP) is 5.24. The molecule has 0 saturated carbocycles. The van der Waals surface area contributed by atoms with Gasteiger partial charge in [-0.1, -0.05) is 61.4 Å². The third-order valence-corrected chi connectivity index (χ3v) is 6.08. The smallest absolute Gasteiger partial charge is 0.162 e. The molecule has 0 spiro atoms. The van der Waals surface area contributed by atoms with Crippen molar-refractivity contribution in [2.24, 2.45) is 11.1 Å². The van der Waals surface area contributed by atoms with E-state index in [4.69, 9.17) is 5.73 Å². The lowest BCUT2D eigenvalue weighted by molar-refractivity contribution is -0.118. The van der Waals surface area contributed by atoms with E-state index < -0.39 is 5.92 Å². The fraction of sp³-hybridized carbons (Fsp3) is 0.308. The molecule has 1 aliphatic heterocycles. The van der Waals surface area contributed by atoms with E-state index in [0.717, 1.165) is 34.5 Å². The Bertz CT molecular complexity index is 1110. The maximum atomic E-state index is 13.4. The van der Waals surface area contributed by atoms with Crippen molar-refractivity contribution in [3.63, 3.8) is 0 Å². The molecule has 30 heavy (non-hydrogen) atoms. The fourth-order valence-electron chi connectivity index (χ4n) is 4.59. The van der Waals surface area contributed by atoms with Crippen molar-refractivity contribution in [2.45, 2.75) is 46.5 Å². The molecule has 2 aromatic carbocycles. The molecular weight excluding hydrogens is 370 g/mol. The van der Waals surface area contributed by atoms with Gasteiger partial charge in [-0.3, -0.25) is 9.69 Å². The molecule has 4 nitrogen and oxygen atoms in total. The molecule has 1 aliphatic carbocycles. The molecule has 1 atom stereocenters. The molecule has 1 heterocycles. The van der Waals surface area contributed by atoms with Crippen LogP contribution >= 0.6 is 0 Å². The van der Waals surface area contributed by atoms with Crippen LogP contribution in [0.1, 0.15) is 49.3 Å². The van der Waals surface area contributed by atoms with Crippen LogP contribution in [0.5, 0.6) is 0 Å². The van der Waals surface area contributed by atoms with Gasteiger partial charge in [-0.25, -0.2) is 0 Å². The van der Waals surface area contributed by atoms with Crippen LogP contribution in [0.25, 0.3) is 0 Å². The van der Waals surface area contributed by atoms with E-state index in [0.29, 0.717) is 23.4 Å². The first-order valence-electron chi connectivity index (χ1n) is 10.3. The number of anilines is 1. The Morgan fingerprint density at radius 1 is 1.00 bits per heavy atom. The summed E-state index contributed by atoms with van der Waals surface area (Å²) < 4.78 is 0. The Kier molecular flexibility index (Phi) is 4.78. The van der Waals surface area contributed by atoms with Gasteiger partial charge in [-0.15, -0.1) is 0 Å². The van der Waals surface area contributed by atoms with Gasteiger partial charge in [0.1, 0.15) is 5.82 Å². The number of nitrogens with two attached hydrogens (primary N) is 1. The highest BCUT2D eigenvalue weighted by molar-refractivity contribution is 6.01. The summed E-state index contributed by atoms with van der Waals surface area (Å²) in [5.74, 6) is 0.0938. The first kappa shape index (κ1) is 20.0. The number of carbonyl (C=O) groups is 1. The minimum Gasteiger partial charge on any atom is -0.384 e. The van der Waals surface area contributed by atoms with Crippen molar-refractivity contribution in [1.82, 2.24) is 0 Å². The van der Waals surface area contributed by atoms with Crippen LogP contribution in [0.2, 0.25) is 0 Å². The normalized spacial score (nSPS) is 20.8. The van der Waals surface area contributed by atoms with Gasteiger partial charge < -0.3 is 5.73 Å². The summed E-state index contributed by atoms with van der Waals surface area (Å²) in [7, 11) is 0. The maximum absolute atomic E-state index is 13.4. The first-order chi connectivity index (χ1) is 14.2. The molecule has 0 bridgehead atoms. The third kappa shape index (κ3) is 3.31. The van der Waals surface area contributed by atoms with Crippen molar-refractivity contribution in [3.8, 4) is 6.07 Å². The van der Waals surface area contributed by atoms with Gasteiger partial charge in [0.15, 0.2) is 5.78 Å². The Labute approximate surface area is 178 Å². The number of nitrogens with zero attached hydrogens (tertiary/aromatic N) is 2. The van der Waals surface area contributed by atoms with Gasteiger partial charge in [0, 0.05) is 23.4 Å². The van der Waals surface area contributed by atoms with Crippen molar-refractivity contribution in [2.75, 3.05) is 4.90 Å². The zero-order valence-electron chi connectivity index (χ0n) is 18.0. The number of rotatable bonds is 2. The zero-order valence-corrected chi connectivity index (χ0v) is 18.0. The molecule has 0 fully saturated rings. The number of hydrogen-bond acceptors (Lipinski definition) is 4. The van der Waals surface area contributed by atoms with Crippen LogP contribution in [0.3, 0.4) is 0 Å². The van der Waals surface area contributed by atoms with E-state index in [1.54, 1.807) is 0 Å². The van der Waals surface area contributed by atoms with Gasteiger partial charge in [0.2, 0.25) is 0 Å². The predicted molar refractivity (Wildman–Crippen MR) is 119 cm³/mol. The number of hydrogen-bond donors (Lipinski definition) is 1. The van der Waals surface area contributed by atoms with Gasteiger partial charge in [-0.2, -0.15) is 5.26 Å². The Hall–Kier alpha value is -3.32. The number of aryl methyl sites for hydroxylation is 2. The molecule has 2 aromatic rings. The number of benzene rings is 2. The van der Waals surface area contributed by atoms with Gasteiger partial charge in [0.05, 0.1) is 17.6 Å². The van der Waals surface area contributed by atoms with Crippen LogP contribution in [0.4, 0.5) is 5.69 Å². The molecular formula is C26H27N3O. The van der Waals surface area contributed by atoms with Crippen molar-refractivity contribution in [1.29, 1.82) is 5.26 Å². The summed E-state index contributed by atoms with van der Waals surface area (Å²) >= 11 is 0. The number of Topliss-reactive ketones (excluding diaryl/α,β-unsaturated/α-hetero) is 1. The second-order valence-corrected chi connectivity index (χ2v) is 9.23. The standard InChI is InChI=1S/C26H27N3O/c1-16-5-9-18(10-6-16)23-20(15-27)25(28)29(19-11-7-17(2)8-12-19)21-13-26(3,4)14-22(30)24(21)23/h5-12,23H,13-14,28H2,1-4H3. The van der Waals surface area contributed by atoms with Crippen LogP contribution < -0.4 is 10.6 Å². The summed E-state index contributed by atoms with van der Waals surface area (Å²) in [6, 6.07) is 18.4. The molecule has 2 N–H and O–H groups in total. The Morgan fingerprint density at radius 2 is 1.57 bits per heavy atom. The molecule has 2 aliphatic rings.